The molecule has 6 heterocycles. The van der Waals surface area contributed by atoms with Crippen molar-refractivity contribution in [2.24, 2.45) is 0 Å². The van der Waals surface area contributed by atoms with Crippen molar-refractivity contribution >= 4 is 38.9 Å². The standard InChI is InChI=1S/C25H29FN6O3.C21H23FN6O3S.2CH4/c1-25(2,3)35-24(33)32-10-4-5-19(32)14-29-21-15-30-22(16-11-17(26)13-28-12-16)31-23(21)34-20-8-6-18(27)7-9-20;1-32(29,30)28-16-4-6-18(7-5-16)31-21-19(25-12-17-3-2-8-24-17)13-26-20(27-21)14-9-15(22)11-23-10-14;;/h6-9,11-13,15,19,29H,4-5,10,14,27H2,1-3H3;4-7,9-11,13,17,24-25,28H,2-3,8,12H2,1H3;2*1H4/t19-;17-;;/m00../s1. The van der Waals surface area contributed by atoms with Crippen LogP contribution in [-0.2, 0) is 14.8 Å². The predicted molar refractivity (Wildman–Crippen MR) is 264 cm³/mol. The van der Waals surface area contributed by atoms with Gasteiger partial charge in [0.15, 0.2) is 11.6 Å². The lowest BCUT2D eigenvalue weighted by molar-refractivity contribution is 0.0235. The van der Waals surface area contributed by atoms with Crippen molar-refractivity contribution in [3.05, 3.63) is 109 Å². The van der Waals surface area contributed by atoms with E-state index in [0.717, 1.165) is 50.9 Å². The summed E-state index contributed by atoms with van der Waals surface area (Å²) in [5.74, 6) is 1.06. The summed E-state index contributed by atoms with van der Waals surface area (Å²) >= 11 is 0. The van der Waals surface area contributed by atoms with E-state index < -0.39 is 27.3 Å². The number of hydrogen-bond acceptors (Lipinski definition) is 16. The SMILES string of the molecule is C.C.CC(C)(C)OC(=O)N1CCC[C@H]1CNc1cnc(-c2cncc(F)c2)nc1Oc1ccc(N)cc1.CS(=O)(=O)Nc1ccc(Oc2nc(-c3cncc(F)c3)ncc2NC[C@@H]2CCCN2)cc1. The molecule has 6 N–H and O–H groups in total. The van der Waals surface area contributed by atoms with Gasteiger partial charge in [0.25, 0.3) is 0 Å². The van der Waals surface area contributed by atoms with Gasteiger partial charge in [-0.05, 0) is 114 Å². The molecule has 6 aromatic rings. The molecule has 0 bridgehead atoms. The molecule has 0 radical (unpaired) electrons. The lowest BCUT2D eigenvalue weighted by Gasteiger charge is -2.29. The van der Waals surface area contributed by atoms with E-state index in [0.29, 0.717) is 71.1 Å². The van der Waals surface area contributed by atoms with Crippen LogP contribution in [0.5, 0.6) is 23.3 Å². The quantitative estimate of drug-likeness (QED) is 0.0640. The number of pyridine rings is 2. The summed E-state index contributed by atoms with van der Waals surface area (Å²) in [6.45, 7) is 8.31. The number of likely N-dealkylation sites (tertiary alicyclic amines) is 1. The predicted octanol–water partition coefficient (Wildman–Crippen LogP) is 9.14. The highest BCUT2D eigenvalue weighted by atomic mass is 32.2. The number of amides is 1. The van der Waals surface area contributed by atoms with Crippen LogP contribution in [0.1, 0.15) is 61.3 Å². The minimum atomic E-state index is -3.37. The Balaban J connectivity index is 0.000000251. The number of nitrogen functional groups attached to an aromatic ring is 1. The second-order valence-electron chi connectivity index (χ2n) is 16.8. The van der Waals surface area contributed by atoms with E-state index in [1.165, 1.54) is 24.5 Å². The molecule has 0 aliphatic carbocycles. The van der Waals surface area contributed by atoms with Gasteiger partial charge in [0.2, 0.25) is 21.8 Å². The van der Waals surface area contributed by atoms with Gasteiger partial charge in [0.05, 0.1) is 37.1 Å². The Hall–Kier alpha value is -7.26. The molecule has 1 amide bonds. The number of halogens is 2. The van der Waals surface area contributed by atoms with Gasteiger partial charge >= 0.3 is 6.09 Å². The number of anilines is 4. The normalized spacial score (nSPS) is 15.4. The molecule has 2 saturated heterocycles. The van der Waals surface area contributed by atoms with Crippen molar-refractivity contribution in [2.75, 3.05) is 53.5 Å². The van der Waals surface area contributed by atoms with E-state index in [9.17, 15) is 22.0 Å². The molecule has 2 fully saturated rings. The summed E-state index contributed by atoms with van der Waals surface area (Å²) in [5.41, 5.74) is 8.20. The molecule has 18 nitrogen and oxygen atoms in total. The molecule has 69 heavy (non-hydrogen) atoms. The van der Waals surface area contributed by atoms with E-state index in [-0.39, 0.29) is 50.4 Å². The van der Waals surface area contributed by atoms with Crippen molar-refractivity contribution < 1.29 is 36.2 Å². The third-order valence-electron chi connectivity index (χ3n) is 10.1. The highest BCUT2D eigenvalue weighted by molar-refractivity contribution is 7.92. The molecule has 0 saturated carbocycles. The smallest absolute Gasteiger partial charge is 0.410 e. The minimum Gasteiger partial charge on any atom is -0.444 e. The molecule has 0 spiro atoms. The van der Waals surface area contributed by atoms with Crippen LogP contribution in [0.15, 0.2) is 97.8 Å². The first-order valence-electron chi connectivity index (χ1n) is 21.5. The number of hydrogen-bond donors (Lipinski definition) is 5. The Labute approximate surface area is 402 Å². The Morgan fingerprint density at radius 3 is 1.81 bits per heavy atom. The maximum absolute atomic E-state index is 13.7. The summed E-state index contributed by atoms with van der Waals surface area (Å²) in [5, 5.41) is 10.0. The summed E-state index contributed by atoms with van der Waals surface area (Å²) in [6.07, 6.45) is 13.0. The molecule has 8 rings (SSSR count). The van der Waals surface area contributed by atoms with Gasteiger partial charge in [-0.3, -0.25) is 14.7 Å². The number of nitrogens with two attached hydrogens (primary N) is 1. The molecule has 2 atom stereocenters. The Morgan fingerprint density at radius 2 is 1.32 bits per heavy atom. The van der Waals surface area contributed by atoms with Crippen LogP contribution in [0, 0.1) is 11.6 Å². The van der Waals surface area contributed by atoms with Crippen LogP contribution >= 0.6 is 0 Å². The zero-order chi connectivity index (χ0) is 47.6. The third-order valence-corrected chi connectivity index (χ3v) is 10.7. The van der Waals surface area contributed by atoms with Gasteiger partial charge in [0, 0.05) is 60.6 Å². The topological polar surface area (TPSA) is 234 Å². The van der Waals surface area contributed by atoms with Gasteiger partial charge in [-0.2, -0.15) is 9.97 Å². The summed E-state index contributed by atoms with van der Waals surface area (Å²) in [7, 11) is -3.37. The van der Waals surface area contributed by atoms with Gasteiger partial charge in [-0.25, -0.2) is 32.0 Å². The summed E-state index contributed by atoms with van der Waals surface area (Å²) < 4.78 is 70.1. The lowest BCUT2D eigenvalue weighted by Crippen LogP contribution is -2.42. The highest BCUT2D eigenvalue weighted by Gasteiger charge is 2.32. The lowest BCUT2D eigenvalue weighted by atomic mass is 10.2. The van der Waals surface area contributed by atoms with Gasteiger partial charge < -0.3 is 40.8 Å². The third kappa shape index (κ3) is 15.6. The average Bonchev–Trinajstić information content (AvgIpc) is 3.99. The van der Waals surface area contributed by atoms with Crippen molar-refractivity contribution in [3.63, 3.8) is 0 Å². The van der Waals surface area contributed by atoms with E-state index in [1.807, 2.05) is 20.8 Å². The Bertz CT molecular complexity index is 2740. The highest BCUT2D eigenvalue weighted by Crippen LogP contribution is 2.33. The summed E-state index contributed by atoms with van der Waals surface area (Å²) in [4.78, 5) is 39.8. The molecular weight excluding hydrogens is 911 g/mol. The maximum atomic E-state index is 13.7. The maximum Gasteiger partial charge on any atom is 0.410 e. The van der Waals surface area contributed by atoms with Crippen LogP contribution < -0.4 is 35.9 Å². The monoisotopic (exact) mass is 970 g/mol. The van der Waals surface area contributed by atoms with Gasteiger partial charge in [0.1, 0.15) is 40.1 Å². The second-order valence-corrected chi connectivity index (χ2v) is 18.6. The molecular formula is C48H60F2N12O6S. The number of ether oxygens (including phenoxy) is 3. The number of aromatic nitrogens is 6. The minimum absolute atomic E-state index is 0. The number of nitrogens with one attached hydrogen (secondary N) is 4. The van der Waals surface area contributed by atoms with Gasteiger partial charge in [-0.15, -0.1) is 0 Å². The number of carbonyl (C=O) groups excluding carboxylic acids is 1. The molecule has 368 valence electrons. The zero-order valence-corrected chi connectivity index (χ0v) is 38.2. The first kappa shape index (κ1) is 52.7. The molecule has 2 aliphatic heterocycles. The van der Waals surface area contributed by atoms with Crippen molar-refractivity contribution in [3.8, 4) is 46.0 Å². The second kappa shape index (κ2) is 23.6. The van der Waals surface area contributed by atoms with E-state index >= 15 is 0 Å². The fourth-order valence-electron chi connectivity index (χ4n) is 7.04. The molecule has 2 aromatic carbocycles. The Kier molecular flexibility index (Phi) is 18.1. The van der Waals surface area contributed by atoms with Crippen LogP contribution in [0.3, 0.4) is 0 Å². The van der Waals surface area contributed by atoms with Crippen LogP contribution in [0.2, 0.25) is 0 Å². The number of nitrogens with zero attached hydrogens (tertiary/aromatic N) is 7. The molecule has 2 aliphatic rings. The van der Waals surface area contributed by atoms with Crippen LogP contribution in [0.4, 0.5) is 36.3 Å². The summed E-state index contributed by atoms with van der Waals surface area (Å²) in [6, 6.07) is 16.2. The molecule has 4 aromatic heterocycles. The zero-order valence-electron chi connectivity index (χ0n) is 37.4. The number of carbonyl (C=O) groups is 1. The number of rotatable bonds is 14. The van der Waals surface area contributed by atoms with E-state index in [1.54, 1.807) is 65.8 Å². The number of benzene rings is 2. The van der Waals surface area contributed by atoms with Crippen LogP contribution in [-0.4, -0.2) is 99.4 Å². The average molecular weight is 971 g/mol. The van der Waals surface area contributed by atoms with E-state index in [4.69, 9.17) is 19.9 Å². The van der Waals surface area contributed by atoms with Crippen molar-refractivity contribution in [2.45, 2.75) is 79.0 Å². The van der Waals surface area contributed by atoms with Crippen LogP contribution in [0.25, 0.3) is 22.8 Å². The first-order valence-corrected chi connectivity index (χ1v) is 23.4. The Morgan fingerprint density at radius 1 is 0.783 bits per heavy atom. The fourth-order valence-corrected chi connectivity index (χ4v) is 7.61. The molecule has 0 unspecified atom stereocenters. The van der Waals surface area contributed by atoms with Crippen molar-refractivity contribution in [1.29, 1.82) is 0 Å². The largest absolute Gasteiger partial charge is 0.444 e. The molecule has 21 heteroatoms. The first-order chi connectivity index (χ1) is 32.0. The number of sulfonamides is 1. The fraction of sp³-hybridized carbons (Fsp3) is 0.354. The van der Waals surface area contributed by atoms with Crippen molar-refractivity contribution in [1.82, 2.24) is 40.1 Å². The van der Waals surface area contributed by atoms with E-state index in [2.05, 4.69) is 50.6 Å². The van der Waals surface area contributed by atoms with Gasteiger partial charge in [-0.1, -0.05) is 14.9 Å².